The maximum absolute atomic E-state index is 6.28. The Labute approximate surface area is 112 Å². The highest BCUT2D eigenvalue weighted by atomic mass is 16.5. The van der Waals surface area contributed by atoms with Crippen molar-refractivity contribution in [2.45, 2.75) is 45.2 Å². The van der Waals surface area contributed by atoms with E-state index in [0.29, 0.717) is 12.1 Å². The van der Waals surface area contributed by atoms with Gasteiger partial charge in [-0.2, -0.15) is 0 Å². The van der Waals surface area contributed by atoms with Crippen LogP contribution in [0, 0.1) is 5.41 Å². The molecule has 0 spiro atoms. The molecule has 1 aliphatic rings. The van der Waals surface area contributed by atoms with Gasteiger partial charge >= 0.3 is 0 Å². The molecule has 0 bridgehead atoms. The molecule has 1 fully saturated rings. The molecule has 18 heavy (non-hydrogen) atoms. The number of hydrogen-bond donors (Lipinski definition) is 1. The van der Waals surface area contributed by atoms with E-state index >= 15 is 0 Å². The monoisotopic (exact) mass is 258 g/mol. The van der Waals surface area contributed by atoms with Crippen molar-refractivity contribution in [2.24, 2.45) is 11.1 Å². The first kappa shape index (κ1) is 15.9. The van der Waals surface area contributed by atoms with Gasteiger partial charge < -0.3 is 15.2 Å². The van der Waals surface area contributed by atoms with Gasteiger partial charge in [0.15, 0.2) is 0 Å². The Bertz CT molecular complexity index is 238. The van der Waals surface area contributed by atoms with Gasteiger partial charge in [-0.1, -0.05) is 13.3 Å². The fourth-order valence-corrected chi connectivity index (χ4v) is 2.93. The summed E-state index contributed by atoms with van der Waals surface area (Å²) in [5.41, 5.74) is 6.52. The van der Waals surface area contributed by atoms with Crippen molar-refractivity contribution in [2.75, 3.05) is 40.5 Å². The molecule has 0 saturated heterocycles. The van der Waals surface area contributed by atoms with Gasteiger partial charge in [0.1, 0.15) is 0 Å². The van der Waals surface area contributed by atoms with E-state index in [0.717, 1.165) is 32.7 Å². The van der Waals surface area contributed by atoms with Crippen molar-refractivity contribution >= 4 is 0 Å². The Hall–Kier alpha value is -0.160. The highest BCUT2D eigenvalue weighted by Crippen LogP contribution is 2.37. The Kier molecular flexibility index (Phi) is 6.57. The number of hydrogen-bond acceptors (Lipinski definition) is 4. The van der Waals surface area contributed by atoms with Crippen LogP contribution in [0.25, 0.3) is 0 Å². The fourth-order valence-electron chi connectivity index (χ4n) is 2.93. The highest BCUT2D eigenvalue weighted by molar-refractivity contribution is 4.94. The van der Waals surface area contributed by atoms with E-state index < -0.39 is 0 Å². The first-order valence-electron chi connectivity index (χ1n) is 7.01. The van der Waals surface area contributed by atoms with Crippen LogP contribution >= 0.6 is 0 Å². The SMILES string of the molecule is COCCN(CC1(C)CCCC1N)C(C)COC. The molecule has 0 aromatic carbocycles. The molecule has 0 aromatic rings. The van der Waals surface area contributed by atoms with Gasteiger partial charge in [-0.3, -0.25) is 4.90 Å². The third-order valence-electron chi connectivity index (χ3n) is 4.34. The van der Waals surface area contributed by atoms with E-state index in [-0.39, 0.29) is 5.41 Å². The molecule has 4 nitrogen and oxygen atoms in total. The quantitative estimate of drug-likeness (QED) is 0.716. The van der Waals surface area contributed by atoms with Crippen LogP contribution < -0.4 is 5.73 Å². The molecule has 0 radical (unpaired) electrons. The summed E-state index contributed by atoms with van der Waals surface area (Å²) in [6, 6.07) is 0.743. The predicted molar refractivity (Wildman–Crippen MR) is 74.7 cm³/mol. The minimum Gasteiger partial charge on any atom is -0.383 e. The van der Waals surface area contributed by atoms with Gasteiger partial charge in [0, 0.05) is 39.4 Å². The minimum absolute atomic E-state index is 0.246. The highest BCUT2D eigenvalue weighted by Gasteiger charge is 2.38. The lowest BCUT2D eigenvalue weighted by Gasteiger charge is -2.38. The van der Waals surface area contributed by atoms with Crippen LogP contribution in [0.2, 0.25) is 0 Å². The molecule has 0 amide bonds. The maximum atomic E-state index is 6.28. The largest absolute Gasteiger partial charge is 0.383 e. The van der Waals surface area contributed by atoms with Crippen LogP contribution in [0.4, 0.5) is 0 Å². The number of nitrogens with two attached hydrogens (primary N) is 1. The summed E-state index contributed by atoms with van der Waals surface area (Å²) in [5.74, 6) is 0. The average Bonchev–Trinajstić information content (AvgIpc) is 2.65. The molecule has 1 rings (SSSR count). The fraction of sp³-hybridized carbons (Fsp3) is 1.00. The minimum atomic E-state index is 0.246. The second-order valence-corrected chi connectivity index (χ2v) is 5.92. The van der Waals surface area contributed by atoms with E-state index in [2.05, 4.69) is 18.7 Å². The molecule has 3 atom stereocenters. The van der Waals surface area contributed by atoms with Crippen molar-refractivity contribution in [3.8, 4) is 0 Å². The van der Waals surface area contributed by atoms with E-state index in [4.69, 9.17) is 15.2 Å². The van der Waals surface area contributed by atoms with Gasteiger partial charge in [0.2, 0.25) is 0 Å². The third kappa shape index (κ3) is 4.19. The van der Waals surface area contributed by atoms with Crippen LogP contribution in [0.15, 0.2) is 0 Å². The summed E-state index contributed by atoms with van der Waals surface area (Å²) in [6.45, 7) is 8.05. The molecular formula is C14H30N2O2. The van der Waals surface area contributed by atoms with Gasteiger partial charge in [-0.25, -0.2) is 0 Å². The van der Waals surface area contributed by atoms with Crippen LogP contribution in [0.3, 0.4) is 0 Å². The molecule has 4 heteroatoms. The van der Waals surface area contributed by atoms with Gasteiger partial charge in [0.05, 0.1) is 13.2 Å². The molecule has 0 heterocycles. The van der Waals surface area contributed by atoms with Gasteiger partial charge in [-0.15, -0.1) is 0 Å². The smallest absolute Gasteiger partial charge is 0.0615 e. The number of methoxy groups -OCH3 is 2. The zero-order chi connectivity index (χ0) is 13.6. The summed E-state index contributed by atoms with van der Waals surface area (Å²) < 4.78 is 10.5. The molecule has 1 saturated carbocycles. The first-order valence-corrected chi connectivity index (χ1v) is 7.01. The van der Waals surface area contributed by atoms with Crippen molar-refractivity contribution in [3.05, 3.63) is 0 Å². The maximum Gasteiger partial charge on any atom is 0.0615 e. The zero-order valence-corrected chi connectivity index (χ0v) is 12.4. The second-order valence-electron chi connectivity index (χ2n) is 5.92. The molecule has 0 aliphatic heterocycles. The standard InChI is InChI=1S/C14H30N2O2/c1-12(10-18-4)16(8-9-17-3)11-14(2)7-5-6-13(14)15/h12-13H,5-11,15H2,1-4H3. The van der Waals surface area contributed by atoms with Crippen LogP contribution in [0.1, 0.15) is 33.1 Å². The number of nitrogens with zero attached hydrogens (tertiary/aromatic N) is 1. The number of ether oxygens (including phenoxy) is 2. The summed E-state index contributed by atoms with van der Waals surface area (Å²) in [5, 5.41) is 0. The summed E-state index contributed by atoms with van der Waals surface area (Å²) >= 11 is 0. The zero-order valence-electron chi connectivity index (χ0n) is 12.4. The topological polar surface area (TPSA) is 47.7 Å². The molecule has 3 unspecified atom stereocenters. The lowest BCUT2D eigenvalue weighted by atomic mass is 9.84. The normalized spacial score (nSPS) is 30.0. The average molecular weight is 258 g/mol. The lowest BCUT2D eigenvalue weighted by molar-refractivity contribution is 0.0448. The Morgan fingerprint density at radius 2 is 2.11 bits per heavy atom. The lowest BCUT2D eigenvalue weighted by Crippen LogP contribution is -2.49. The number of rotatable bonds is 8. The Morgan fingerprint density at radius 3 is 2.61 bits per heavy atom. The molecule has 0 aromatic heterocycles. The van der Waals surface area contributed by atoms with Crippen LogP contribution in [0.5, 0.6) is 0 Å². The van der Waals surface area contributed by atoms with Crippen LogP contribution in [-0.4, -0.2) is 57.5 Å². The van der Waals surface area contributed by atoms with Crippen molar-refractivity contribution in [1.82, 2.24) is 4.90 Å². The van der Waals surface area contributed by atoms with Crippen molar-refractivity contribution in [3.63, 3.8) is 0 Å². The Balaban J connectivity index is 2.59. The Morgan fingerprint density at radius 1 is 1.39 bits per heavy atom. The third-order valence-corrected chi connectivity index (χ3v) is 4.34. The molecule has 108 valence electrons. The van der Waals surface area contributed by atoms with Gasteiger partial charge in [0.25, 0.3) is 0 Å². The van der Waals surface area contributed by atoms with E-state index in [9.17, 15) is 0 Å². The molecule has 2 N–H and O–H groups in total. The summed E-state index contributed by atoms with van der Waals surface area (Å²) in [4.78, 5) is 2.46. The second kappa shape index (κ2) is 7.43. The molecular weight excluding hydrogens is 228 g/mol. The van der Waals surface area contributed by atoms with Crippen LogP contribution in [-0.2, 0) is 9.47 Å². The first-order chi connectivity index (χ1) is 8.53. The molecule has 1 aliphatic carbocycles. The van der Waals surface area contributed by atoms with Gasteiger partial charge in [-0.05, 0) is 25.2 Å². The predicted octanol–water partition coefficient (Wildman–Crippen LogP) is 1.49. The van der Waals surface area contributed by atoms with Crippen molar-refractivity contribution in [1.29, 1.82) is 0 Å². The van der Waals surface area contributed by atoms with E-state index in [1.807, 2.05) is 0 Å². The van der Waals surface area contributed by atoms with Crippen molar-refractivity contribution < 1.29 is 9.47 Å². The summed E-state index contributed by atoms with van der Waals surface area (Å²) in [7, 11) is 3.51. The van der Waals surface area contributed by atoms with E-state index in [1.54, 1.807) is 14.2 Å². The summed E-state index contributed by atoms with van der Waals surface area (Å²) in [6.07, 6.45) is 3.65. The van der Waals surface area contributed by atoms with E-state index in [1.165, 1.54) is 12.8 Å².